The van der Waals surface area contributed by atoms with Crippen LogP contribution >= 0.6 is 11.8 Å². The molecule has 0 saturated carbocycles. The van der Waals surface area contributed by atoms with Crippen molar-refractivity contribution >= 4 is 11.8 Å². The Labute approximate surface area is 47.6 Å². The van der Waals surface area contributed by atoms with Crippen molar-refractivity contribution in [3.05, 3.63) is 0 Å². The Morgan fingerprint density at radius 1 is 1.57 bits per heavy atom. The predicted octanol–water partition coefficient (Wildman–Crippen LogP) is -0.611. The Morgan fingerprint density at radius 3 is 2.14 bits per heavy atom. The van der Waals surface area contributed by atoms with Gasteiger partial charge in [0.25, 0.3) is 0 Å². The van der Waals surface area contributed by atoms with Crippen LogP contribution in [0.2, 0.25) is 0 Å². The maximum Gasteiger partial charge on any atom is 0.0461 e. The number of rotatable bonds is 1. The van der Waals surface area contributed by atoms with Crippen LogP contribution in [0.4, 0.5) is 0 Å². The molecule has 1 fully saturated rings. The molecular weight excluding hydrogens is 108 g/mol. The van der Waals surface area contributed by atoms with Crippen LogP contribution in [0, 0.1) is 0 Å². The van der Waals surface area contributed by atoms with E-state index in [-0.39, 0.29) is 5.54 Å². The molecule has 0 aromatic rings. The van der Waals surface area contributed by atoms with Crippen LogP contribution in [0.15, 0.2) is 0 Å². The molecule has 1 saturated heterocycles. The molecule has 0 atom stereocenters. The second-order valence-corrected chi connectivity index (χ2v) is 3.04. The fourth-order valence-corrected chi connectivity index (χ4v) is 1.45. The van der Waals surface area contributed by atoms with Crippen LogP contribution in [-0.2, 0) is 0 Å². The lowest BCUT2D eigenvalue weighted by Crippen LogP contribution is -2.57. The lowest BCUT2D eigenvalue weighted by atomic mass is 10.1. The molecular formula is C4H10N2S. The molecule has 1 rings (SSSR count). The largest absolute Gasteiger partial charge is 0.329 e. The summed E-state index contributed by atoms with van der Waals surface area (Å²) in [6, 6.07) is 0. The molecule has 3 heteroatoms. The van der Waals surface area contributed by atoms with E-state index in [0.29, 0.717) is 6.54 Å². The summed E-state index contributed by atoms with van der Waals surface area (Å²) in [6.07, 6.45) is 0. The van der Waals surface area contributed by atoms with E-state index in [4.69, 9.17) is 11.5 Å². The maximum atomic E-state index is 5.66. The van der Waals surface area contributed by atoms with E-state index in [2.05, 4.69) is 0 Å². The molecule has 0 spiro atoms. The highest BCUT2D eigenvalue weighted by atomic mass is 32.2. The third-order valence-corrected chi connectivity index (χ3v) is 2.74. The highest BCUT2D eigenvalue weighted by molar-refractivity contribution is 8.00. The summed E-state index contributed by atoms with van der Waals surface area (Å²) in [6.45, 7) is 0.639. The van der Waals surface area contributed by atoms with Gasteiger partial charge in [-0.25, -0.2) is 0 Å². The van der Waals surface area contributed by atoms with Crippen molar-refractivity contribution < 1.29 is 0 Å². The van der Waals surface area contributed by atoms with Gasteiger partial charge in [0.2, 0.25) is 0 Å². The molecule has 0 aromatic carbocycles. The van der Waals surface area contributed by atoms with Gasteiger partial charge in [0.15, 0.2) is 0 Å². The summed E-state index contributed by atoms with van der Waals surface area (Å²) < 4.78 is 0. The predicted molar refractivity (Wildman–Crippen MR) is 33.3 cm³/mol. The third-order valence-electron chi connectivity index (χ3n) is 1.19. The summed E-state index contributed by atoms with van der Waals surface area (Å²) in [5.41, 5.74) is 11.0. The van der Waals surface area contributed by atoms with E-state index in [0.717, 1.165) is 11.5 Å². The van der Waals surface area contributed by atoms with Gasteiger partial charge in [-0.2, -0.15) is 11.8 Å². The summed E-state index contributed by atoms with van der Waals surface area (Å²) in [5, 5.41) is 0. The molecule has 2 nitrogen and oxygen atoms in total. The lowest BCUT2D eigenvalue weighted by molar-refractivity contribution is 0.525. The van der Waals surface area contributed by atoms with Gasteiger partial charge < -0.3 is 11.5 Å². The third kappa shape index (κ3) is 0.900. The minimum Gasteiger partial charge on any atom is -0.329 e. The molecule has 0 bridgehead atoms. The molecule has 1 aliphatic heterocycles. The smallest absolute Gasteiger partial charge is 0.0461 e. The van der Waals surface area contributed by atoms with Gasteiger partial charge in [-0.15, -0.1) is 0 Å². The maximum absolute atomic E-state index is 5.66. The number of thioether (sulfide) groups is 1. The van der Waals surface area contributed by atoms with Crippen LogP contribution in [-0.4, -0.2) is 23.6 Å². The number of nitrogens with two attached hydrogens (primary N) is 2. The SMILES string of the molecule is NCC1(N)CSC1. The molecule has 42 valence electrons. The molecule has 1 aliphatic rings. The molecule has 0 radical (unpaired) electrons. The van der Waals surface area contributed by atoms with Crippen molar-refractivity contribution in [2.45, 2.75) is 5.54 Å². The van der Waals surface area contributed by atoms with E-state index in [9.17, 15) is 0 Å². The van der Waals surface area contributed by atoms with Crippen molar-refractivity contribution in [2.75, 3.05) is 18.1 Å². The zero-order valence-corrected chi connectivity index (χ0v) is 5.00. The van der Waals surface area contributed by atoms with Crippen LogP contribution in [0.1, 0.15) is 0 Å². The Kier molecular flexibility index (Phi) is 1.28. The topological polar surface area (TPSA) is 52.0 Å². The Hall–Kier alpha value is 0.270. The highest BCUT2D eigenvalue weighted by Gasteiger charge is 2.31. The van der Waals surface area contributed by atoms with E-state index < -0.39 is 0 Å². The van der Waals surface area contributed by atoms with E-state index in [1.54, 1.807) is 0 Å². The fraction of sp³-hybridized carbons (Fsp3) is 1.00. The van der Waals surface area contributed by atoms with Gasteiger partial charge in [0.1, 0.15) is 0 Å². The second kappa shape index (κ2) is 1.65. The van der Waals surface area contributed by atoms with E-state index in [1.165, 1.54) is 0 Å². The lowest BCUT2D eigenvalue weighted by Gasteiger charge is -2.35. The first-order chi connectivity index (χ1) is 3.27. The Morgan fingerprint density at radius 2 is 2.14 bits per heavy atom. The molecule has 0 unspecified atom stereocenters. The quantitative estimate of drug-likeness (QED) is 0.483. The molecule has 0 aliphatic carbocycles. The van der Waals surface area contributed by atoms with Crippen molar-refractivity contribution in [1.82, 2.24) is 0 Å². The second-order valence-electron chi connectivity index (χ2n) is 2.06. The van der Waals surface area contributed by atoms with Crippen LogP contribution in [0.25, 0.3) is 0 Å². The number of hydrogen-bond acceptors (Lipinski definition) is 3. The molecule has 0 aromatic heterocycles. The first kappa shape index (κ1) is 5.41. The van der Waals surface area contributed by atoms with Crippen molar-refractivity contribution in [3.8, 4) is 0 Å². The van der Waals surface area contributed by atoms with Gasteiger partial charge in [0.05, 0.1) is 0 Å². The van der Waals surface area contributed by atoms with Gasteiger partial charge in [-0.1, -0.05) is 0 Å². The van der Waals surface area contributed by atoms with Gasteiger partial charge in [0, 0.05) is 23.6 Å². The molecule has 0 amide bonds. The number of hydrogen-bond donors (Lipinski definition) is 2. The first-order valence-electron chi connectivity index (χ1n) is 2.33. The minimum atomic E-state index is 0.00463. The Balaban J connectivity index is 2.29. The van der Waals surface area contributed by atoms with Gasteiger partial charge in [-0.05, 0) is 0 Å². The van der Waals surface area contributed by atoms with Crippen LogP contribution < -0.4 is 11.5 Å². The average Bonchev–Trinajstić information content (AvgIpc) is 1.61. The summed E-state index contributed by atoms with van der Waals surface area (Å²) in [7, 11) is 0. The van der Waals surface area contributed by atoms with Crippen LogP contribution in [0.3, 0.4) is 0 Å². The van der Waals surface area contributed by atoms with Crippen molar-refractivity contribution in [2.24, 2.45) is 11.5 Å². The standard InChI is InChI=1S/C4H10N2S/c5-1-4(6)2-7-3-4/h1-3,5-6H2. The van der Waals surface area contributed by atoms with Crippen LogP contribution in [0.5, 0.6) is 0 Å². The molecule has 4 N–H and O–H groups in total. The Bertz CT molecular complexity index is 64.6. The minimum absolute atomic E-state index is 0.00463. The van der Waals surface area contributed by atoms with Gasteiger partial charge in [-0.3, -0.25) is 0 Å². The summed E-state index contributed by atoms with van der Waals surface area (Å²) >= 11 is 1.86. The van der Waals surface area contributed by atoms with Crippen molar-refractivity contribution in [3.63, 3.8) is 0 Å². The summed E-state index contributed by atoms with van der Waals surface area (Å²) in [5.74, 6) is 2.09. The summed E-state index contributed by atoms with van der Waals surface area (Å²) in [4.78, 5) is 0. The zero-order chi connectivity index (χ0) is 5.33. The normalized spacial score (nSPS) is 26.6. The first-order valence-corrected chi connectivity index (χ1v) is 3.49. The molecule has 7 heavy (non-hydrogen) atoms. The highest BCUT2D eigenvalue weighted by Crippen LogP contribution is 2.25. The fourth-order valence-electron chi connectivity index (χ4n) is 0.482. The van der Waals surface area contributed by atoms with Gasteiger partial charge >= 0.3 is 0 Å². The average molecular weight is 118 g/mol. The molecule has 1 heterocycles. The van der Waals surface area contributed by atoms with E-state index in [1.807, 2.05) is 11.8 Å². The van der Waals surface area contributed by atoms with E-state index >= 15 is 0 Å². The zero-order valence-electron chi connectivity index (χ0n) is 4.18. The monoisotopic (exact) mass is 118 g/mol. The van der Waals surface area contributed by atoms with Crippen molar-refractivity contribution in [1.29, 1.82) is 0 Å².